The third kappa shape index (κ3) is 3.11. The summed E-state index contributed by atoms with van der Waals surface area (Å²) < 4.78 is 42.9. The topological polar surface area (TPSA) is 29.5 Å². The van der Waals surface area contributed by atoms with Crippen molar-refractivity contribution in [1.29, 1.82) is 0 Å². The van der Waals surface area contributed by atoms with Gasteiger partial charge in [-0.25, -0.2) is 0 Å². The maximum absolute atomic E-state index is 12.6. The van der Waals surface area contributed by atoms with Crippen molar-refractivity contribution in [3.8, 4) is 5.75 Å². The van der Waals surface area contributed by atoms with Crippen LogP contribution in [0.3, 0.4) is 0 Å². The van der Waals surface area contributed by atoms with Crippen molar-refractivity contribution in [2.75, 3.05) is 7.11 Å². The first kappa shape index (κ1) is 14.4. The number of aliphatic hydroxyl groups excluding tert-OH is 1. The van der Waals surface area contributed by atoms with E-state index in [0.29, 0.717) is 11.3 Å². The lowest BCUT2D eigenvalue weighted by Crippen LogP contribution is -2.07. The molecule has 0 aliphatic carbocycles. The summed E-state index contributed by atoms with van der Waals surface area (Å²) in [4.78, 5) is 0. The van der Waals surface area contributed by atoms with Gasteiger partial charge in [0.25, 0.3) is 0 Å². The molecular formula is C15H13F3O2. The molecule has 20 heavy (non-hydrogen) atoms. The largest absolute Gasteiger partial charge is 0.497 e. The molecule has 2 aromatic rings. The van der Waals surface area contributed by atoms with Crippen LogP contribution >= 0.6 is 0 Å². The van der Waals surface area contributed by atoms with Crippen LogP contribution in [0.15, 0.2) is 48.5 Å². The Bertz CT molecular complexity index is 576. The molecule has 1 N–H and O–H groups in total. The lowest BCUT2D eigenvalue weighted by atomic mass is 9.99. The van der Waals surface area contributed by atoms with Gasteiger partial charge in [0.15, 0.2) is 0 Å². The van der Waals surface area contributed by atoms with Crippen LogP contribution in [0.5, 0.6) is 5.75 Å². The molecule has 1 unspecified atom stereocenters. The van der Waals surface area contributed by atoms with Gasteiger partial charge in [-0.15, -0.1) is 0 Å². The van der Waals surface area contributed by atoms with E-state index < -0.39 is 17.8 Å². The highest BCUT2D eigenvalue weighted by molar-refractivity contribution is 5.36. The zero-order valence-electron chi connectivity index (χ0n) is 10.7. The molecule has 0 aliphatic heterocycles. The van der Waals surface area contributed by atoms with Crippen LogP contribution in [0.1, 0.15) is 22.8 Å². The van der Waals surface area contributed by atoms with Crippen molar-refractivity contribution in [3.05, 3.63) is 65.2 Å². The van der Waals surface area contributed by atoms with Crippen molar-refractivity contribution >= 4 is 0 Å². The van der Waals surface area contributed by atoms with E-state index in [4.69, 9.17) is 4.74 Å². The molecule has 0 saturated carbocycles. The lowest BCUT2D eigenvalue weighted by molar-refractivity contribution is -0.137. The molecule has 0 fully saturated rings. The molecule has 106 valence electrons. The fourth-order valence-electron chi connectivity index (χ4n) is 1.86. The number of aliphatic hydroxyl groups is 1. The molecule has 0 spiro atoms. The molecule has 1 atom stereocenters. The highest BCUT2D eigenvalue weighted by Crippen LogP contribution is 2.32. The van der Waals surface area contributed by atoms with Crippen molar-refractivity contribution < 1.29 is 23.0 Å². The number of hydrogen-bond donors (Lipinski definition) is 1. The van der Waals surface area contributed by atoms with Crippen LogP contribution in [0.2, 0.25) is 0 Å². The van der Waals surface area contributed by atoms with E-state index in [2.05, 4.69) is 0 Å². The first-order chi connectivity index (χ1) is 9.41. The quantitative estimate of drug-likeness (QED) is 0.928. The van der Waals surface area contributed by atoms with Gasteiger partial charge in [-0.05, 0) is 35.4 Å². The summed E-state index contributed by atoms with van der Waals surface area (Å²) in [5.41, 5.74) is -0.0716. The van der Waals surface area contributed by atoms with Gasteiger partial charge in [0.05, 0.1) is 12.7 Å². The van der Waals surface area contributed by atoms with Gasteiger partial charge in [-0.2, -0.15) is 13.2 Å². The second-order valence-corrected chi connectivity index (χ2v) is 4.30. The zero-order chi connectivity index (χ0) is 14.8. The third-order valence-corrected chi connectivity index (χ3v) is 2.96. The van der Waals surface area contributed by atoms with E-state index in [1.807, 2.05) is 0 Å². The number of ether oxygens (including phenoxy) is 1. The van der Waals surface area contributed by atoms with Crippen LogP contribution in [0, 0.1) is 0 Å². The van der Waals surface area contributed by atoms with E-state index in [1.54, 1.807) is 24.3 Å². The normalized spacial score (nSPS) is 13.1. The zero-order valence-corrected chi connectivity index (χ0v) is 10.7. The average molecular weight is 282 g/mol. The van der Waals surface area contributed by atoms with Crippen molar-refractivity contribution in [2.45, 2.75) is 12.3 Å². The molecule has 0 heterocycles. The Morgan fingerprint density at radius 2 is 1.65 bits per heavy atom. The molecule has 0 aromatic heterocycles. The molecule has 2 rings (SSSR count). The van der Waals surface area contributed by atoms with Gasteiger partial charge in [0.2, 0.25) is 0 Å². The standard InChI is InChI=1S/C15H13F3O2/c1-20-13-7-5-10(6-8-13)14(19)11-3-2-4-12(9-11)15(16,17)18/h2-9,14,19H,1H3. The summed E-state index contributed by atoms with van der Waals surface area (Å²) in [5.74, 6) is 0.616. The number of benzene rings is 2. The van der Waals surface area contributed by atoms with Gasteiger partial charge < -0.3 is 9.84 Å². The van der Waals surface area contributed by atoms with Crippen molar-refractivity contribution in [3.63, 3.8) is 0 Å². The maximum Gasteiger partial charge on any atom is 0.416 e. The second-order valence-electron chi connectivity index (χ2n) is 4.30. The molecular weight excluding hydrogens is 269 g/mol. The minimum Gasteiger partial charge on any atom is -0.497 e. The summed E-state index contributed by atoms with van der Waals surface area (Å²) in [6, 6.07) is 11.2. The van der Waals surface area contributed by atoms with Gasteiger partial charge >= 0.3 is 6.18 Å². The predicted molar refractivity (Wildman–Crippen MR) is 68.5 cm³/mol. The Morgan fingerprint density at radius 1 is 1.00 bits per heavy atom. The fraction of sp³-hybridized carbons (Fsp3) is 0.200. The Labute approximate surface area is 114 Å². The third-order valence-electron chi connectivity index (χ3n) is 2.96. The van der Waals surface area contributed by atoms with E-state index in [1.165, 1.54) is 19.2 Å². The number of methoxy groups -OCH3 is 1. The Balaban J connectivity index is 2.30. The van der Waals surface area contributed by atoms with Crippen LogP contribution in [0.25, 0.3) is 0 Å². The summed E-state index contributed by atoms with van der Waals surface area (Å²) >= 11 is 0. The van der Waals surface area contributed by atoms with Gasteiger partial charge in [-0.1, -0.05) is 24.3 Å². The van der Waals surface area contributed by atoms with Gasteiger partial charge in [0, 0.05) is 0 Å². The molecule has 2 nitrogen and oxygen atoms in total. The summed E-state index contributed by atoms with van der Waals surface area (Å²) in [7, 11) is 1.51. The van der Waals surface area contributed by atoms with E-state index in [9.17, 15) is 18.3 Å². The summed E-state index contributed by atoms with van der Waals surface area (Å²) in [5, 5.41) is 10.1. The summed E-state index contributed by atoms with van der Waals surface area (Å²) in [6.45, 7) is 0. The maximum atomic E-state index is 12.6. The smallest absolute Gasteiger partial charge is 0.416 e. The SMILES string of the molecule is COc1ccc(C(O)c2cccc(C(F)(F)F)c2)cc1. The molecule has 5 heteroatoms. The van der Waals surface area contributed by atoms with Crippen LogP contribution < -0.4 is 4.74 Å². The Kier molecular flexibility index (Phi) is 3.99. The highest BCUT2D eigenvalue weighted by Gasteiger charge is 2.30. The van der Waals surface area contributed by atoms with E-state index in [0.717, 1.165) is 12.1 Å². The fourth-order valence-corrected chi connectivity index (χ4v) is 1.86. The molecule has 0 saturated heterocycles. The first-order valence-corrected chi connectivity index (χ1v) is 5.91. The summed E-state index contributed by atoms with van der Waals surface area (Å²) in [6.07, 6.45) is -5.53. The number of hydrogen-bond acceptors (Lipinski definition) is 2. The molecule has 0 radical (unpaired) electrons. The Morgan fingerprint density at radius 3 is 2.20 bits per heavy atom. The van der Waals surface area contributed by atoms with Crippen LogP contribution in [0.4, 0.5) is 13.2 Å². The molecule has 0 amide bonds. The number of halogens is 3. The molecule has 0 aliphatic rings. The minimum absolute atomic E-state index is 0.199. The molecule has 0 bridgehead atoms. The molecule has 2 aromatic carbocycles. The average Bonchev–Trinajstić information content (AvgIpc) is 2.46. The monoisotopic (exact) mass is 282 g/mol. The minimum atomic E-state index is -4.42. The van der Waals surface area contributed by atoms with E-state index >= 15 is 0 Å². The van der Waals surface area contributed by atoms with E-state index in [-0.39, 0.29) is 5.56 Å². The van der Waals surface area contributed by atoms with Gasteiger partial charge in [0.1, 0.15) is 11.9 Å². The van der Waals surface area contributed by atoms with Crippen molar-refractivity contribution in [2.24, 2.45) is 0 Å². The lowest BCUT2D eigenvalue weighted by Gasteiger charge is -2.14. The first-order valence-electron chi connectivity index (χ1n) is 5.91. The Hall–Kier alpha value is -2.01. The predicted octanol–water partition coefficient (Wildman–Crippen LogP) is 3.80. The van der Waals surface area contributed by atoms with Crippen LogP contribution in [-0.4, -0.2) is 12.2 Å². The number of rotatable bonds is 3. The number of alkyl halides is 3. The van der Waals surface area contributed by atoms with Gasteiger partial charge in [-0.3, -0.25) is 0 Å². The highest BCUT2D eigenvalue weighted by atomic mass is 19.4. The second kappa shape index (κ2) is 5.54. The van der Waals surface area contributed by atoms with Crippen molar-refractivity contribution in [1.82, 2.24) is 0 Å². The van der Waals surface area contributed by atoms with Crippen LogP contribution in [-0.2, 0) is 6.18 Å².